The molecule has 29 heavy (non-hydrogen) atoms. The van der Waals surface area contributed by atoms with E-state index in [-0.39, 0.29) is 32.5 Å². The highest BCUT2D eigenvalue weighted by Crippen LogP contribution is 2.26. The zero-order chi connectivity index (χ0) is 22.2. The SMILES string of the molecule is CC(=O)OCCN(CCCC(=O)OC(C)(C)C)S(=O)(=O)c1ccccc1[N+](=O)[O-]. The van der Waals surface area contributed by atoms with Gasteiger partial charge in [-0.15, -0.1) is 0 Å². The smallest absolute Gasteiger partial charge is 0.306 e. The number of benzene rings is 1. The number of hydrogen-bond acceptors (Lipinski definition) is 8. The van der Waals surface area contributed by atoms with E-state index in [0.717, 1.165) is 16.4 Å². The Morgan fingerprint density at radius 3 is 2.34 bits per heavy atom. The van der Waals surface area contributed by atoms with Crippen molar-refractivity contribution < 1.29 is 32.4 Å². The quantitative estimate of drug-likeness (QED) is 0.313. The average Bonchev–Trinajstić information content (AvgIpc) is 2.58. The van der Waals surface area contributed by atoms with Gasteiger partial charge in [-0.25, -0.2) is 8.42 Å². The minimum atomic E-state index is -4.26. The van der Waals surface area contributed by atoms with E-state index in [4.69, 9.17) is 9.47 Å². The standard InChI is InChI=1S/C18H26N2O8S/c1-14(21)27-13-12-19(11-7-10-17(22)28-18(2,3)4)29(25,26)16-9-6-5-8-15(16)20(23)24/h5-6,8-9H,7,10-13H2,1-4H3. The molecule has 0 unspecified atom stereocenters. The van der Waals surface area contributed by atoms with Crippen LogP contribution in [0.3, 0.4) is 0 Å². The van der Waals surface area contributed by atoms with Crippen LogP contribution in [0.25, 0.3) is 0 Å². The van der Waals surface area contributed by atoms with E-state index >= 15 is 0 Å². The van der Waals surface area contributed by atoms with Crippen molar-refractivity contribution in [2.75, 3.05) is 19.7 Å². The fourth-order valence-electron chi connectivity index (χ4n) is 2.40. The first-order chi connectivity index (χ1) is 13.3. The molecule has 0 saturated heterocycles. The van der Waals surface area contributed by atoms with Crippen molar-refractivity contribution in [1.82, 2.24) is 4.31 Å². The van der Waals surface area contributed by atoms with E-state index in [2.05, 4.69) is 0 Å². The fraction of sp³-hybridized carbons (Fsp3) is 0.556. The highest BCUT2D eigenvalue weighted by atomic mass is 32.2. The van der Waals surface area contributed by atoms with Crippen LogP contribution in [0, 0.1) is 10.1 Å². The first kappa shape index (κ1) is 24.5. The summed E-state index contributed by atoms with van der Waals surface area (Å²) in [6.45, 7) is 5.81. The number of rotatable bonds is 10. The van der Waals surface area contributed by atoms with Gasteiger partial charge in [-0.05, 0) is 33.3 Å². The van der Waals surface area contributed by atoms with Crippen LogP contribution < -0.4 is 0 Å². The van der Waals surface area contributed by atoms with Crippen molar-refractivity contribution in [3.05, 3.63) is 34.4 Å². The summed E-state index contributed by atoms with van der Waals surface area (Å²) in [6, 6.07) is 4.98. The average molecular weight is 430 g/mol. The first-order valence-corrected chi connectivity index (χ1v) is 10.4. The van der Waals surface area contributed by atoms with E-state index in [1.54, 1.807) is 20.8 Å². The maximum Gasteiger partial charge on any atom is 0.306 e. The number of hydrogen-bond donors (Lipinski definition) is 0. The number of ether oxygens (including phenoxy) is 2. The third kappa shape index (κ3) is 8.16. The molecule has 0 atom stereocenters. The van der Waals surface area contributed by atoms with Gasteiger partial charge in [-0.2, -0.15) is 4.31 Å². The summed E-state index contributed by atoms with van der Waals surface area (Å²) < 4.78 is 37.0. The predicted molar refractivity (Wildman–Crippen MR) is 104 cm³/mol. The Morgan fingerprint density at radius 2 is 1.79 bits per heavy atom. The molecular formula is C18H26N2O8S. The molecule has 0 saturated carbocycles. The van der Waals surface area contributed by atoms with Gasteiger partial charge < -0.3 is 9.47 Å². The van der Waals surface area contributed by atoms with Crippen molar-refractivity contribution in [3.63, 3.8) is 0 Å². The lowest BCUT2D eigenvalue weighted by Gasteiger charge is -2.23. The van der Waals surface area contributed by atoms with Gasteiger partial charge in [0.15, 0.2) is 4.90 Å². The van der Waals surface area contributed by atoms with Crippen molar-refractivity contribution in [2.24, 2.45) is 0 Å². The number of nitro benzene ring substituents is 1. The van der Waals surface area contributed by atoms with Crippen LogP contribution in [0.15, 0.2) is 29.2 Å². The Kier molecular flexibility index (Phi) is 8.71. The minimum Gasteiger partial charge on any atom is -0.464 e. The molecule has 0 amide bonds. The minimum absolute atomic E-state index is 0.0340. The van der Waals surface area contributed by atoms with Crippen molar-refractivity contribution in [2.45, 2.75) is 51.0 Å². The molecular weight excluding hydrogens is 404 g/mol. The highest BCUT2D eigenvalue weighted by molar-refractivity contribution is 7.89. The summed E-state index contributed by atoms with van der Waals surface area (Å²) in [4.78, 5) is 32.8. The molecule has 0 radical (unpaired) electrons. The number of carbonyl (C=O) groups is 2. The summed E-state index contributed by atoms with van der Waals surface area (Å²) in [5, 5.41) is 11.2. The largest absolute Gasteiger partial charge is 0.464 e. The monoisotopic (exact) mass is 430 g/mol. The molecule has 0 heterocycles. The second-order valence-corrected chi connectivity index (χ2v) is 9.07. The summed E-state index contributed by atoms with van der Waals surface area (Å²) in [6.07, 6.45) is 0.0998. The predicted octanol–water partition coefficient (Wildman–Crippen LogP) is 2.27. The Balaban J connectivity index is 3.00. The number of sulfonamides is 1. The summed E-state index contributed by atoms with van der Waals surface area (Å²) in [5.41, 5.74) is -1.22. The van der Waals surface area contributed by atoms with Gasteiger partial charge in [-0.1, -0.05) is 12.1 Å². The van der Waals surface area contributed by atoms with Crippen LogP contribution in [-0.2, 0) is 29.1 Å². The number of nitrogens with zero attached hydrogens (tertiary/aromatic N) is 2. The van der Waals surface area contributed by atoms with Crippen LogP contribution >= 0.6 is 0 Å². The molecule has 0 aliphatic carbocycles. The Hall–Kier alpha value is -2.53. The normalized spacial score (nSPS) is 11.9. The van der Waals surface area contributed by atoms with E-state index in [1.807, 2.05) is 0 Å². The van der Waals surface area contributed by atoms with Gasteiger partial charge in [-0.3, -0.25) is 19.7 Å². The van der Waals surface area contributed by atoms with Gasteiger partial charge in [0.2, 0.25) is 10.0 Å². The lowest BCUT2D eigenvalue weighted by molar-refractivity contribution is -0.387. The topological polar surface area (TPSA) is 133 Å². The molecule has 0 aliphatic heterocycles. The van der Waals surface area contributed by atoms with Crippen LogP contribution in [0.2, 0.25) is 0 Å². The third-order valence-electron chi connectivity index (χ3n) is 3.53. The van der Waals surface area contributed by atoms with Gasteiger partial charge in [0.25, 0.3) is 5.69 Å². The fourth-order valence-corrected chi connectivity index (χ4v) is 4.02. The second-order valence-electron chi connectivity index (χ2n) is 7.16. The van der Waals surface area contributed by atoms with E-state index in [9.17, 15) is 28.1 Å². The lowest BCUT2D eigenvalue weighted by atomic mass is 10.2. The van der Waals surface area contributed by atoms with E-state index in [0.29, 0.717) is 0 Å². The Labute approximate surface area is 170 Å². The van der Waals surface area contributed by atoms with Gasteiger partial charge in [0, 0.05) is 32.5 Å². The van der Waals surface area contributed by atoms with Gasteiger partial charge in [0.1, 0.15) is 12.2 Å². The molecule has 1 rings (SSSR count). The van der Waals surface area contributed by atoms with Gasteiger partial charge in [0.05, 0.1) is 4.92 Å². The summed E-state index contributed by atoms with van der Waals surface area (Å²) in [7, 11) is -4.26. The van der Waals surface area contributed by atoms with Crippen molar-refractivity contribution in [1.29, 1.82) is 0 Å². The highest BCUT2D eigenvalue weighted by Gasteiger charge is 2.31. The van der Waals surface area contributed by atoms with Crippen LogP contribution in [0.1, 0.15) is 40.5 Å². The summed E-state index contributed by atoms with van der Waals surface area (Å²) >= 11 is 0. The summed E-state index contributed by atoms with van der Waals surface area (Å²) in [5.74, 6) is -1.07. The number of carbonyl (C=O) groups excluding carboxylic acids is 2. The number of para-hydroxylation sites is 1. The zero-order valence-electron chi connectivity index (χ0n) is 16.9. The third-order valence-corrected chi connectivity index (χ3v) is 5.48. The number of nitro groups is 1. The number of esters is 2. The molecule has 162 valence electrons. The lowest BCUT2D eigenvalue weighted by Crippen LogP contribution is -2.36. The molecule has 0 aliphatic rings. The van der Waals surface area contributed by atoms with Crippen LogP contribution in [-0.4, -0.2) is 54.9 Å². The molecule has 0 bridgehead atoms. The zero-order valence-corrected chi connectivity index (χ0v) is 17.7. The molecule has 1 aromatic rings. The van der Waals surface area contributed by atoms with Gasteiger partial charge >= 0.3 is 11.9 Å². The second kappa shape index (κ2) is 10.3. The van der Waals surface area contributed by atoms with Crippen molar-refractivity contribution in [3.8, 4) is 0 Å². The molecule has 0 N–H and O–H groups in total. The maximum atomic E-state index is 13.0. The molecule has 0 aromatic heterocycles. The van der Waals surface area contributed by atoms with E-state index in [1.165, 1.54) is 19.1 Å². The molecule has 10 nitrogen and oxygen atoms in total. The van der Waals surface area contributed by atoms with Crippen LogP contribution in [0.4, 0.5) is 5.69 Å². The molecule has 11 heteroatoms. The molecule has 0 fully saturated rings. The molecule has 0 spiro atoms. The van der Waals surface area contributed by atoms with E-state index < -0.39 is 43.1 Å². The van der Waals surface area contributed by atoms with Crippen molar-refractivity contribution >= 4 is 27.6 Å². The first-order valence-electron chi connectivity index (χ1n) is 8.93. The Morgan fingerprint density at radius 1 is 1.17 bits per heavy atom. The Bertz CT molecular complexity index is 846. The van der Waals surface area contributed by atoms with Crippen LogP contribution in [0.5, 0.6) is 0 Å². The maximum absolute atomic E-state index is 13.0. The molecule has 1 aromatic carbocycles.